The van der Waals surface area contributed by atoms with Gasteiger partial charge in [0, 0.05) is 0 Å². The number of aromatic hydroxyl groups is 2. The maximum absolute atomic E-state index is 12.6. The lowest BCUT2D eigenvalue weighted by Crippen LogP contribution is -2.06. The van der Waals surface area contributed by atoms with E-state index < -0.39 is 9.84 Å². The monoisotopic (exact) mass is 292 g/mol. The standard InChI is InChI=1S/C15H16O4S/c1-9-7-11(3)15(12(16)8-9)20(18,19)13-6-4-5-10(2)14(13)17/h4-8,16-17H,1-3H3. The summed E-state index contributed by atoms with van der Waals surface area (Å²) in [6, 6.07) is 7.58. The molecule has 2 aromatic carbocycles. The van der Waals surface area contributed by atoms with Crippen LogP contribution < -0.4 is 0 Å². The molecule has 0 spiro atoms. The Bertz CT molecular complexity index is 753. The molecule has 0 saturated heterocycles. The van der Waals surface area contributed by atoms with E-state index in [0.717, 1.165) is 5.56 Å². The molecular weight excluding hydrogens is 276 g/mol. The highest BCUT2D eigenvalue weighted by Crippen LogP contribution is 2.37. The molecule has 106 valence electrons. The minimum absolute atomic E-state index is 0.163. The maximum atomic E-state index is 12.6. The average Bonchev–Trinajstić information content (AvgIpc) is 2.30. The van der Waals surface area contributed by atoms with Crippen molar-refractivity contribution in [1.82, 2.24) is 0 Å². The molecule has 0 atom stereocenters. The van der Waals surface area contributed by atoms with E-state index in [-0.39, 0.29) is 21.3 Å². The number of para-hydroxylation sites is 1. The van der Waals surface area contributed by atoms with E-state index in [2.05, 4.69) is 0 Å². The van der Waals surface area contributed by atoms with Gasteiger partial charge in [-0.1, -0.05) is 18.2 Å². The van der Waals surface area contributed by atoms with Gasteiger partial charge in [-0.25, -0.2) is 8.42 Å². The highest BCUT2D eigenvalue weighted by atomic mass is 32.2. The first-order valence-electron chi connectivity index (χ1n) is 6.09. The van der Waals surface area contributed by atoms with Gasteiger partial charge in [-0.05, 0) is 49.6 Å². The number of phenolic OH excluding ortho intramolecular Hbond substituents is 2. The molecule has 0 amide bonds. The van der Waals surface area contributed by atoms with Crippen LogP contribution in [0.3, 0.4) is 0 Å². The lowest BCUT2D eigenvalue weighted by atomic mass is 10.1. The third-order valence-electron chi connectivity index (χ3n) is 3.16. The molecular formula is C15H16O4S. The van der Waals surface area contributed by atoms with Crippen molar-refractivity contribution in [3.63, 3.8) is 0 Å². The number of rotatable bonds is 2. The summed E-state index contributed by atoms with van der Waals surface area (Å²) >= 11 is 0. The fourth-order valence-electron chi connectivity index (χ4n) is 2.24. The van der Waals surface area contributed by atoms with Crippen molar-refractivity contribution >= 4 is 9.84 Å². The number of benzene rings is 2. The topological polar surface area (TPSA) is 74.6 Å². The Balaban J connectivity index is 2.77. The zero-order valence-electron chi connectivity index (χ0n) is 11.5. The van der Waals surface area contributed by atoms with Crippen LogP contribution in [0.15, 0.2) is 40.1 Å². The van der Waals surface area contributed by atoms with Crippen LogP contribution in [0.1, 0.15) is 16.7 Å². The van der Waals surface area contributed by atoms with E-state index >= 15 is 0 Å². The molecule has 5 heteroatoms. The normalized spacial score (nSPS) is 11.6. The van der Waals surface area contributed by atoms with E-state index in [1.54, 1.807) is 39.0 Å². The maximum Gasteiger partial charge on any atom is 0.214 e. The second kappa shape index (κ2) is 4.83. The van der Waals surface area contributed by atoms with Crippen LogP contribution in [0.25, 0.3) is 0 Å². The second-order valence-corrected chi connectivity index (χ2v) is 6.71. The summed E-state index contributed by atoms with van der Waals surface area (Å²) in [7, 11) is -3.97. The summed E-state index contributed by atoms with van der Waals surface area (Å²) in [4.78, 5) is -0.358. The van der Waals surface area contributed by atoms with Crippen molar-refractivity contribution in [3.05, 3.63) is 47.0 Å². The Hall–Kier alpha value is -2.01. The third kappa shape index (κ3) is 2.25. The molecule has 2 N–H and O–H groups in total. The smallest absolute Gasteiger partial charge is 0.214 e. The predicted molar refractivity (Wildman–Crippen MR) is 75.9 cm³/mol. The first-order valence-corrected chi connectivity index (χ1v) is 7.57. The largest absolute Gasteiger partial charge is 0.507 e. The van der Waals surface area contributed by atoms with Crippen molar-refractivity contribution in [1.29, 1.82) is 0 Å². The van der Waals surface area contributed by atoms with E-state index in [1.807, 2.05) is 0 Å². The SMILES string of the molecule is Cc1cc(C)c(S(=O)(=O)c2cccc(C)c2O)c(O)c1. The van der Waals surface area contributed by atoms with Crippen LogP contribution >= 0.6 is 0 Å². The number of hydrogen-bond acceptors (Lipinski definition) is 4. The molecule has 0 aliphatic carbocycles. The Morgan fingerprint density at radius 3 is 2.20 bits per heavy atom. The zero-order chi connectivity index (χ0) is 15.1. The lowest BCUT2D eigenvalue weighted by Gasteiger charge is -2.13. The van der Waals surface area contributed by atoms with Gasteiger partial charge in [0.25, 0.3) is 0 Å². The molecule has 0 heterocycles. The molecule has 0 bridgehead atoms. The molecule has 0 aromatic heterocycles. The highest BCUT2D eigenvalue weighted by Gasteiger charge is 2.27. The summed E-state index contributed by atoms with van der Waals surface area (Å²) in [5, 5.41) is 19.9. The Labute approximate surface area is 118 Å². The van der Waals surface area contributed by atoms with Crippen LogP contribution in [-0.2, 0) is 9.84 Å². The van der Waals surface area contributed by atoms with Gasteiger partial charge in [0.05, 0.1) is 0 Å². The molecule has 4 nitrogen and oxygen atoms in total. The van der Waals surface area contributed by atoms with Crippen LogP contribution in [0.4, 0.5) is 0 Å². The van der Waals surface area contributed by atoms with E-state index in [1.165, 1.54) is 12.1 Å². The molecule has 2 aromatic rings. The third-order valence-corrected chi connectivity index (χ3v) is 5.14. The van der Waals surface area contributed by atoms with Crippen molar-refractivity contribution in [3.8, 4) is 11.5 Å². The lowest BCUT2D eigenvalue weighted by molar-refractivity contribution is 0.449. The summed E-state index contributed by atoms with van der Waals surface area (Å²) in [5.74, 6) is -0.588. The van der Waals surface area contributed by atoms with Gasteiger partial charge in [0.1, 0.15) is 21.3 Å². The van der Waals surface area contributed by atoms with Gasteiger partial charge in [0.2, 0.25) is 9.84 Å². The minimum atomic E-state index is -3.97. The van der Waals surface area contributed by atoms with Gasteiger partial charge < -0.3 is 10.2 Å². The molecule has 20 heavy (non-hydrogen) atoms. The number of sulfone groups is 1. The average molecular weight is 292 g/mol. The molecule has 0 aliphatic heterocycles. The fourth-order valence-corrected chi connectivity index (χ4v) is 3.95. The summed E-state index contributed by atoms with van der Waals surface area (Å²) in [6.45, 7) is 5.01. The second-order valence-electron chi connectivity index (χ2n) is 4.86. The summed E-state index contributed by atoms with van der Waals surface area (Å²) in [6.07, 6.45) is 0. The van der Waals surface area contributed by atoms with Crippen LogP contribution in [-0.4, -0.2) is 18.6 Å². The molecule has 2 rings (SSSR count). The molecule has 0 radical (unpaired) electrons. The van der Waals surface area contributed by atoms with Crippen LogP contribution in [0, 0.1) is 20.8 Å². The quantitative estimate of drug-likeness (QED) is 0.892. The molecule has 0 fully saturated rings. The zero-order valence-corrected chi connectivity index (χ0v) is 12.3. The van der Waals surface area contributed by atoms with Crippen LogP contribution in [0.5, 0.6) is 11.5 Å². The van der Waals surface area contributed by atoms with E-state index in [4.69, 9.17) is 0 Å². The first-order chi connectivity index (χ1) is 9.25. The Morgan fingerprint density at radius 1 is 0.950 bits per heavy atom. The predicted octanol–water partition coefficient (Wildman–Crippen LogP) is 2.86. The van der Waals surface area contributed by atoms with E-state index in [0.29, 0.717) is 11.1 Å². The Kier molecular flexibility index (Phi) is 3.48. The van der Waals surface area contributed by atoms with E-state index in [9.17, 15) is 18.6 Å². The van der Waals surface area contributed by atoms with Crippen LogP contribution in [0.2, 0.25) is 0 Å². The number of phenols is 2. The van der Waals surface area contributed by atoms with Crippen molar-refractivity contribution in [2.45, 2.75) is 30.6 Å². The van der Waals surface area contributed by atoms with Gasteiger partial charge in [-0.2, -0.15) is 0 Å². The van der Waals surface area contributed by atoms with Gasteiger partial charge >= 0.3 is 0 Å². The molecule has 0 saturated carbocycles. The van der Waals surface area contributed by atoms with Crippen molar-refractivity contribution < 1.29 is 18.6 Å². The number of aryl methyl sites for hydroxylation is 3. The van der Waals surface area contributed by atoms with Gasteiger partial charge in [-0.15, -0.1) is 0 Å². The Morgan fingerprint density at radius 2 is 1.60 bits per heavy atom. The summed E-state index contributed by atoms with van der Waals surface area (Å²) in [5.41, 5.74) is 1.69. The summed E-state index contributed by atoms with van der Waals surface area (Å²) < 4.78 is 25.3. The van der Waals surface area contributed by atoms with Gasteiger partial charge in [-0.3, -0.25) is 0 Å². The van der Waals surface area contributed by atoms with Crippen molar-refractivity contribution in [2.75, 3.05) is 0 Å². The van der Waals surface area contributed by atoms with Crippen molar-refractivity contribution in [2.24, 2.45) is 0 Å². The molecule has 0 aliphatic rings. The van der Waals surface area contributed by atoms with Gasteiger partial charge in [0.15, 0.2) is 0 Å². The minimum Gasteiger partial charge on any atom is -0.507 e. The fraction of sp³-hybridized carbons (Fsp3) is 0.200. The highest BCUT2D eigenvalue weighted by molar-refractivity contribution is 7.91. The first kappa shape index (κ1) is 14.4. The number of hydrogen-bond donors (Lipinski definition) is 2. The molecule has 0 unspecified atom stereocenters.